The molecule has 0 aromatic heterocycles. The molecule has 4 fully saturated rings. The van der Waals surface area contributed by atoms with Gasteiger partial charge in [0.15, 0.2) is 0 Å². The van der Waals surface area contributed by atoms with Gasteiger partial charge in [-0.15, -0.1) is 0 Å². The van der Waals surface area contributed by atoms with Crippen molar-refractivity contribution in [3.05, 3.63) is 0 Å². The number of rotatable bonds is 6. The van der Waals surface area contributed by atoms with Crippen molar-refractivity contribution in [2.45, 2.75) is 104 Å². The van der Waals surface area contributed by atoms with E-state index in [1.807, 2.05) is 0 Å². The minimum atomic E-state index is -3.85. The first-order valence-electron chi connectivity index (χ1n) is 12.8. The molecular weight excluding hydrogens is 412 g/mol. The van der Waals surface area contributed by atoms with E-state index < -0.39 is 10.1 Å². The molecule has 3 N–H and O–H groups in total. The maximum absolute atomic E-state index is 11.3. The first-order chi connectivity index (χ1) is 14.5. The lowest BCUT2D eigenvalue weighted by Gasteiger charge is -2.62. The van der Waals surface area contributed by atoms with Crippen molar-refractivity contribution in [1.29, 1.82) is 0 Å². The summed E-state index contributed by atoms with van der Waals surface area (Å²) < 4.78 is 31.0. The van der Waals surface area contributed by atoms with Gasteiger partial charge in [0.05, 0.1) is 18.0 Å². The molecule has 180 valence electrons. The predicted octanol–water partition coefficient (Wildman–Crippen LogP) is 4.67. The Kier molecular flexibility index (Phi) is 6.62. The Morgan fingerprint density at radius 3 is 2.32 bits per heavy atom. The molecule has 0 spiro atoms. The van der Waals surface area contributed by atoms with Crippen molar-refractivity contribution >= 4 is 10.1 Å². The van der Waals surface area contributed by atoms with E-state index in [4.69, 9.17) is 4.55 Å². The normalized spacial score (nSPS) is 48.5. The molecule has 5 nitrogen and oxygen atoms in total. The van der Waals surface area contributed by atoms with Crippen LogP contribution in [0.5, 0.6) is 0 Å². The van der Waals surface area contributed by atoms with Gasteiger partial charge in [0.25, 0.3) is 10.1 Å². The lowest BCUT2D eigenvalue weighted by atomic mass is 9.43. The van der Waals surface area contributed by atoms with Gasteiger partial charge in [-0.3, -0.25) is 4.55 Å². The molecule has 4 rings (SSSR count). The molecule has 0 saturated heterocycles. The average Bonchev–Trinajstić information content (AvgIpc) is 3.03. The minimum Gasteiger partial charge on any atom is -0.393 e. The summed E-state index contributed by atoms with van der Waals surface area (Å²) in [5, 5.41) is 21.6. The van der Waals surface area contributed by atoms with Gasteiger partial charge in [-0.25, -0.2) is 0 Å². The van der Waals surface area contributed by atoms with E-state index in [0.29, 0.717) is 41.9 Å². The zero-order valence-electron chi connectivity index (χ0n) is 19.7. The highest BCUT2D eigenvalue weighted by molar-refractivity contribution is 7.85. The van der Waals surface area contributed by atoms with Gasteiger partial charge in [0, 0.05) is 0 Å². The average molecular weight is 457 g/mol. The largest absolute Gasteiger partial charge is 0.393 e. The molecule has 0 aromatic rings. The van der Waals surface area contributed by atoms with Gasteiger partial charge in [-0.1, -0.05) is 33.6 Å². The SMILES string of the molecule is C[C@H](CCCCS(=O)(=O)O)[C@H]1CC[C@H]2[C@@H]3[C@H](O)C[C@@H]4C[C@H](O)CC[C@]4(C)[C@H]3CC[C@]12C. The molecule has 4 saturated carbocycles. The van der Waals surface area contributed by atoms with Gasteiger partial charge < -0.3 is 10.2 Å². The van der Waals surface area contributed by atoms with Crippen LogP contribution in [0.4, 0.5) is 0 Å². The molecule has 0 unspecified atom stereocenters. The Morgan fingerprint density at radius 1 is 0.935 bits per heavy atom. The van der Waals surface area contributed by atoms with Crippen molar-refractivity contribution in [2.75, 3.05) is 5.75 Å². The van der Waals surface area contributed by atoms with Gasteiger partial charge in [0.2, 0.25) is 0 Å². The van der Waals surface area contributed by atoms with E-state index >= 15 is 0 Å². The summed E-state index contributed by atoms with van der Waals surface area (Å²) in [6.45, 7) is 7.26. The van der Waals surface area contributed by atoms with E-state index in [1.165, 1.54) is 25.7 Å². The molecule has 31 heavy (non-hydrogen) atoms. The van der Waals surface area contributed by atoms with Crippen LogP contribution < -0.4 is 0 Å². The van der Waals surface area contributed by atoms with Gasteiger partial charge in [-0.2, -0.15) is 8.42 Å². The zero-order valence-corrected chi connectivity index (χ0v) is 20.5. The van der Waals surface area contributed by atoms with Crippen molar-refractivity contribution in [3.8, 4) is 0 Å². The van der Waals surface area contributed by atoms with Crippen LogP contribution in [0.15, 0.2) is 0 Å². The monoisotopic (exact) mass is 456 g/mol. The Balaban J connectivity index is 1.45. The van der Waals surface area contributed by atoms with Gasteiger partial charge in [0.1, 0.15) is 0 Å². The first-order valence-corrected chi connectivity index (χ1v) is 14.4. The molecule has 0 aliphatic heterocycles. The van der Waals surface area contributed by atoms with Crippen LogP contribution in [0.1, 0.15) is 91.4 Å². The van der Waals surface area contributed by atoms with Crippen LogP contribution in [0.2, 0.25) is 0 Å². The number of aliphatic hydroxyl groups excluding tert-OH is 2. The Morgan fingerprint density at radius 2 is 1.61 bits per heavy atom. The second kappa shape index (κ2) is 8.56. The van der Waals surface area contributed by atoms with Crippen molar-refractivity contribution in [3.63, 3.8) is 0 Å². The maximum atomic E-state index is 11.3. The fourth-order valence-electron chi connectivity index (χ4n) is 9.13. The van der Waals surface area contributed by atoms with Crippen LogP contribution in [0, 0.1) is 46.3 Å². The summed E-state index contributed by atoms with van der Waals surface area (Å²) in [6.07, 6.45) is 10.6. The van der Waals surface area contributed by atoms with E-state index in [9.17, 15) is 18.6 Å². The molecule has 4 aliphatic carbocycles. The second-order valence-electron chi connectivity index (χ2n) is 12.2. The highest BCUT2D eigenvalue weighted by Crippen LogP contribution is 2.68. The number of hydrogen-bond donors (Lipinski definition) is 3. The third-order valence-corrected chi connectivity index (χ3v) is 11.5. The predicted molar refractivity (Wildman–Crippen MR) is 122 cm³/mol. The maximum Gasteiger partial charge on any atom is 0.264 e. The smallest absolute Gasteiger partial charge is 0.264 e. The molecule has 10 atom stereocenters. The van der Waals surface area contributed by atoms with E-state index in [0.717, 1.165) is 38.5 Å². The summed E-state index contributed by atoms with van der Waals surface area (Å²) in [5.74, 6) is 3.06. The summed E-state index contributed by atoms with van der Waals surface area (Å²) in [5.41, 5.74) is 0.534. The molecular formula is C25H44O5S. The summed E-state index contributed by atoms with van der Waals surface area (Å²) in [4.78, 5) is 0. The quantitative estimate of drug-likeness (QED) is 0.399. The minimum absolute atomic E-state index is 0.130. The van der Waals surface area contributed by atoms with Crippen LogP contribution in [0.3, 0.4) is 0 Å². The van der Waals surface area contributed by atoms with Crippen molar-refractivity contribution in [2.24, 2.45) is 46.3 Å². The van der Waals surface area contributed by atoms with Crippen molar-refractivity contribution in [1.82, 2.24) is 0 Å². The van der Waals surface area contributed by atoms with Crippen LogP contribution >= 0.6 is 0 Å². The standard InChI is InChI=1S/C25H44O5S/c1-16(6-4-5-13-31(28,29)30)19-7-8-20-23-21(10-12-25(19,20)3)24(2)11-9-18(26)14-17(24)15-22(23)27/h16-23,26-27H,4-15H2,1-3H3,(H,28,29,30)/t16-,17+,18-,19-,20+,21+,22-,23+,24+,25-/m1/s1. The van der Waals surface area contributed by atoms with Gasteiger partial charge >= 0.3 is 0 Å². The number of unbranched alkanes of at least 4 members (excludes halogenated alkanes) is 1. The third kappa shape index (κ3) is 4.36. The highest BCUT2D eigenvalue weighted by atomic mass is 32.2. The lowest BCUT2D eigenvalue weighted by Crippen LogP contribution is -2.58. The van der Waals surface area contributed by atoms with E-state index in [2.05, 4.69) is 20.8 Å². The second-order valence-corrected chi connectivity index (χ2v) is 13.8. The summed E-state index contributed by atoms with van der Waals surface area (Å²) >= 11 is 0. The fraction of sp³-hybridized carbons (Fsp3) is 1.00. The Bertz CT molecular complexity index is 753. The van der Waals surface area contributed by atoms with E-state index in [-0.39, 0.29) is 28.8 Å². The number of aliphatic hydroxyl groups is 2. The molecule has 0 amide bonds. The zero-order chi connectivity index (χ0) is 22.6. The first kappa shape index (κ1) is 24.0. The van der Waals surface area contributed by atoms with Crippen LogP contribution in [-0.4, -0.2) is 41.1 Å². The highest BCUT2D eigenvalue weighted by Gasteiger charge is 2.62. The third-order valence-electron chi connectivity index (χ3n) is 10.7. The summed E-state index contributed by atoms with van der Waals surface area (Å²) in [7, 11) is -3.85. The molecule has 0 heterocycles. The Hall–Kier alpha value is -0.170. The lowest BCUT2D eigenvalue weighted by molar-refractivity contribution is -0.174. The molecule has 0 bridgehead atoms. The number of fused-ring (bicyclic) bond motifs is 5. The topological polar surface area (TPSA) is 94.8 Å². The number of hydrogen-bond acceptors (Lipinski definition) is 4. The van der Waals surface area contributed by atoms with Crippen molar-refractivity contribution < 1.29 is 23.2 Å². The fourth-order valence-corrected chi connectivity index (χ4v) is 9.70. The van der Waals surface area contributed by atoms with Crippen LogP contribution in [-0.2, 0) is 10.1 Å². The van der Waals surface area contributed by atoms with Gasteiger partial charge in [-0.05, 0) is 104 Å². The molecule has 4 aliphatic rings. The van der Waals surface area contributed by atoms with E-state index in [1.54, 1.807) is 0 Å². The molecule has 0 aromatic carbocycles. The summed E-state index contributed by atoms with van der Waals surface area (Å²) in [6, 6.07) is 0. The van der Waals surface area contributed by atoms with Crippen LogP contribution in [0.25, 0.3) is 0 Å². The Labute approximate surface area is 189 Å². The molecule has 0 radical (unpaired) electrons. The molecule has 6 heteroatoms.